The van der Waals surface area contributed by atoms with Gasteiger partial charge in [-0.15, -0.1) is 0 Å². The molecule has 198 valence electrons. The molecule has 0 aromatic heterocycles. The predicted molar refractivity (Wildman–Crippen MR) is 134 cm³/mol. The Kier molecular flexibility index (Phi) is 5.51. The van der Waals surface area contributed by atoms with Gasteiger partial charge in [-0.1, -0.05) is 25.2 Å². The van der Waals surface area contributed by atoms with Crippen LogP contribution in [0.5, 0.6) is 0 Å². The molecule has 1 spiro atoms. The minimum absolute atomic E-state index is 0.188. The van der Waals surface area contributed by atoms with Crippen LogP contribution in [0.1, 0.15) is 59.3 Å². The number of methoxy groups -OCH3 is 1. The number of carbonyl (C=O) groups is 1. The van der Waals surface area contributed by atoms with Gasteiger partial charge in [0.1, 0.15) is 17.3 Å². The predicted octanol–water partition coefficient (Wildman–Crippen LogP) is 3.52. The van der Waals surface area contributed by atoms with Crippen LogP contribution < -0.4 is 0 Å². The van der Waals surface area contributed by atoms with Gasteiger partial charge in [-0.3, -0.25) is 0 Å². The molecule has 2 saturated carbocycles. The third-order valence-electron chi connectivity index (χ3n) is 10.8. The van der Waals surface area contributed by atoms with Crippen LogP contribution in [0.2, 0.25) is 0 Å². The van der Waals surface area contributed by atoms with E-state index in [-0.39, 0.29) is 11.4 Å². The summed E-state index contributed by atoms with van der Waals surface area (Å²) in [5.41, 5.74) is -0.0444. The molecule has 7 aliphatic rings. The largest absolute Gasteiger partial charge is 0.455 e. The summed E-state index contributed by atoms with van der Waals surface area (Å²) < 4.78 is 26.0. The van der Waals surface area contributed by atoms with Crippen molar-refractivity contribution in [2.24, 2.45) is 16.7 Å². The number of allylic oxidation sites excluding steroid dienone is 2. The number of carbonyl (C=O) groups excluding carboxylic acids is 1. The Hall–Kier alpha value is -1.51. The average Bonchev–Trinajstić information content (AvgIpc) is 3.05. The lowest BCUT2D eigenvalue weighted by molar-refractivity contribution is -0.407. The first-order valence-corrected chi connectivity index (χ1v) is 13.6. The second kappa shape index (κ2) is 8.00. The Morgan fingerprint density at radius 3 is 2.86 bits per heavy atom. The van der Waals surface area contributed by atoms with Gasteiger partial charge in [-0.25, -0.2) is 4.79 Å². The van der Waals surface area contributed by atoms with Crippen LogP contribution in [0.25, 0.3) is 0 Å². The molecular weight excluding hydrogens is 458 g/mol. The summed E-state index contributed by atoms with van der Waals surface area (Å²) in [5.74, 6) is -0.617. The Morgan fingerprint density at radius 2 is 2.11 bits per heavy atom. The fourth-order valence-corrected chi connectivity index (χ4v) is 9.23. The van der Waals surface area contributed by atoms with E-state index in [1.807, 2.05) is 13.8 Å². The zero-order chi connectivity index (χ0) is 25.6. The zero-order valence-electron chi connectivity index (χ0n) is 22.3. The Labute approximate surface area is 214 Å². The first-order valence-electron chi connectivity index (χ1n) is 13.6. The number of aliphatic hydroxyl groups excluding tert-OH is 1. The summed E-state index contributed by atoms with van der Waals surface area (Å²) >= 11 is 0. The zero-order valence-corrected chi connectivity index (χ0v) is 22.3. The van der Waals surface area contributed by atoms with Crippen molar-refractivity contribution in [3.8, 4) is 0 Å². The lowest BCUT2D eigenvalue weighted by Gasteiger charge is -2.73. The second-order valence-corrected chi connectivity index (χ2v) is 12.3. The molecular formula is C29H41NO6. The Bertz CT molecular complexity index is 1050. The molecule has 3 saturated heterocycles. The van der Waals surface area contributed by atoms with Gasteiger partial charge >= 0.3 is 5.97 Å². The Morgan fingerprint density at radius 1 is 1.31 bits per heavy atom. The average molecular weight is 500 g/mol. The molecule has 3 heterocycles. The molecule has 5 fully saturated rings. The number of hydrogen-bond acceptors (Lipinski definition) is 7. The first-order chi connectivity index (χ1) is 17.1. The molecule has 8 atom stereocenters. The number of ether oxygens (including phenoxy) is 4. The van der Waals surface area contributed by atoms with Crippen LogP contribution in [-0.2, 0) is 23.7 Å². The lowest BCUT2D eigenvalue weighted by atomic mass is 9.41. The molecule has 4 aliphatic carbocycles. The smallest absolute Gasteiger partial charge is 0.331 e. The standard InChI is InChI=1S/C29H41NO6/c1-6-7-24(32)35-19(2)21-10-11-28-22-9-8-20-16-27(33-5)13-12-25(20,3)29(22,36-27)23(31)17-26(21,28)18-30(4)14-15-34-28/h6-7,9-10,19-20,23,31H,8,11-18H2,1-5H3/b7-6-/t19-,20-,23-,25+,26+,27-,28+,29+/m1/s1. The molecule has 0 aromatic rings. The highest BCUT2D eigenvalue weighted by atomic mass is 16.7. The third kappa shape index (κ3) is 2.84. The number of rotatable bonds is 4. The molecule has 0 unspecified atom stereocenters. The van der Waals surface area contributed by atoms with Gasteiger partial charge in [-0.05, 0) is 63.6 Å². The van der Waals surface area contributed by atoms with Crippen molar-refractivity contribution in [1.82, 2.24) is 4.90 Å². The van der Waals surface area contributed by atoms with Gasteiger partial charge in [0.15, 0.2) is 5.79 Å². The highest BCUT2D eigenvalue weighted by Crippen LogP contribution is 2.74. The molecule has 7 nitrogen and oxygen atoms in total. The van der Waals surface area contributed by atoms with Crippen LogP contribution in [0.4, 0.5) is 0 Å². The van der Waals surface area contributed by atoms with E-state index in [1.54, 1.807) is 13.2 Å². The minimum Gasteiger partial charge on any atom is -0.455 e. The molecule has 7 rings (SSSR count). The summed E-state index contributed by atoms with van der Waals surface area (Å²) in [6, 6.07) is 0. The molecule has 0 amide bonds. The topological polar surface area (TPSA) is 77.5 Å². The first kappa shape index (κ1) is 24.8. The fraction of sp³-hybridized carbons (Fsp3) is 0.759. The fourth-order valence-electron chi connectivity index (χ4n) is 9.23. The van der Waals surface area contributed by atoms with Gasteiger partial charge < -0.3 is 29.0 Å². The van der Waals surface area contributed by atoms with E-state index in [2.05, 4.69) is 31.0 Å². The second-order valence-electron chi connectivity index (χ2n) is 12.3. The minimum atomic E-state index is -0.844. The lowest BCUT2D eigenvalue weighted by Crippen LogP contribution is -2.79. The van der Waals surface area contributed by atoms with Crippen molar-refractivity contribution in [1.29, 1.82) is 0 Å². The van der Waals surface area contributed by atoms with Crippen LogP contribution in [0.3, 0.4) is 0 Å². The third-order valence-corrected chi connectivity index (χ3v) is 10.8. The van der Waals surface area contributed by atoms with Crippen molar-refractivity contribution >= 4 is 5.97 Å². The van der Waals surface area contributed by atoms with Crippen molar-refractivity contribution in [2.75, 3.05) is 33.9 Å². The van der Waals surface area contributed by atoms with Gasteiger partial charge in [0.2, 0.25) is 0 Å². The molecule has 0 radical (unpaired) electrons. The molecule has 3 aliphatic heterocycles. The molecule has 36 heavy (non-hydrogen) atoms. The maximum absolute atomic E-state index is 12.4. The van der Waals surface area contributed by atoms with Gasteiger partial charge in [0.05, 0.1) is 12.7 Å². The van der Waals surface area contributed by atoms with Crippen molar-refractivity contribution in [3.63, 3.8) is 0 Å². The monoisotopic (exact) mass is 499 g/mol. The normalized spacial score (nSPS) is 48.4. The number of esters is 1. The number of fused-ring (bicyclic) bond motifs is 1. The van der Waals surface area contributed by atoms with Gasteiger partial charge in [0, 0.05) is 49.9 Å². The summed E-state index contributed by atoms with van der Waals surface area (Å²) in [6.07, 6.45) is 11.4. The van der Waals surface area contributed by atoms with Crippen molar-refractivity contribution in [3.05, 3.63) is 35.5 Å². The van der Waals surface area contributed by atoms with E-state index in [0.29, 0.717) is 25.4 Å². The SMILES string of the molecule is C/C=C\C(=O)O[C@H](C)C1=CC[C@@]23OCCN(C)C[C@@]12C[C@@H](O)[C@]12O[C@]4(OC)CC[C@@]1(C)[C@H](CC=C32)C4. The summed E-state index contributed by atoms with van der Waals surface area (Å²) in [6.45, 7) is 8.22. The molecule has 1 N–H and O–H groups in total. The van der Waals surface area contributed by atoms with E-state index in [0.717, 1.165) is 49.9 Å². The summed E-state index contributed by atoms with van der Waals surface area (Å²) in [7, 11) is 3.86. The molecule has 4 bridgehead atoms. The summed E-state index contributed by atoms with van der Waals surface area (Å²) in [5, 5.41) is 12.3. The van der Waals surface area contributed by atoms with E-state index >= 15 is 0 Å². The van der Waals surface area contributed by atoms with Crippen LogP contribution in [-0.4, -0.2) is 79.0 Å². The molecule has 7 heteroatoms. The van der Waals surface area contributed by atoms with Crippen molar-refractivity contribution < 1.29 is 28.8 Å². The van der Waals surface area contributed by atoms with Crippen LogP contribution in [0.15, 0.2) is 35.5 Å². The highest BCUT2D eigenvalue weighted by Gasteiger charge is 2.79. The number of hydrogen-bond donors (Lipinski definition) is 1. The van der Waals surface area contributed by atoms with Crippen molar-refractivity contribution in [2.45, 2.75) is 88.5 Å². The van der Waals surface area contributed by atoms with Crippen LogP contribution >= 0.6 is 0 Å². The number of aliphatic hydroxyl groups is 1. The number of likely N-dealkylation sites (N-methyl/N-ethyl adjacent to an activating group) is 1. The van der Waals surface area contributed by atoms with Gasteiger partial charge in [0.25, 0.3) is 0 Å². The van der Waals surface area contributed by atoms with E-state index < -0.39 is 34.6 Å². The maximum atomic E-state index is 12.4. The Balaban J connectivity index is 1.50. The van der Waals surface area contributed by atoms with Crippen LogP contribution in [0, 0.1) is 16.7 Å². The summed E-state index contributed by atoms with van der Waals surface area (Å²) in [4.78, 5) is 14.7. The quantitative estimate of drug-likeness (QED) is 0.360. The molecule has 0 aromatic carbocycles. The highest BCUT2D eigenvalue weighted by molar-refractivity contribution is 5.82. The van der Waals surface area contributed by atoms with Gasteiger partial charge in [-0.2, -0.15) is 0 Å². The van der Waals surface area contributed by atoms with E-state index in [4.69, 9.17) is 18.9 Å². The van der Waals surface area contributed by atoms with E-state index in [1.165, 1.54) is 6.08 Å². The number of nitrogens with zero attached hydrogens (tertiary/aromatic N) is 1. The maximum Gasteiger partial charge on any atom is 0.331 e. The van der Waals surface area contributed by atoms with E-state index in [9.17, 15) is 9.90 Å².